The molecule has 186 valence electrons. The quantitative estimate of drug-likeness (QED) is 0.393. The van der Waals surface area contributed by atoms with Crippen LogP contribution in [0.2, 0.25) is 0 Å². The summed E-state index contributed by atoms with van der Waals surface area (Å²) in [5.41, 5.74) is 2.09. The highest BCUT2D eigenvalue weighted by Crippen LogP contribution is 2.39. The smallest absolute Gasteiger partial charge is 0.387 e. The molecule has 0 heterocycles. The van der Waals surface area contributed by atoms with E-state index in [4.69, 9.17) is 18.9 Å². The Balaban J connectivity index is 1.65. The van der Waals surface area contributed by atoms with Gasteiger partial charge >= 0.3 is 6.61 Å². The number of hydrogen-bond acceptors (Lipinski definition) is 6. The Morgan fingerprint density at radius 1 is 0.829 bits per heavy atom. The van der Waals surface area contributed by atoms with Crippen LogP contribution in [-0.4, -0.2) is 40.4 Å². The molecule has 0 aliphatic carbocycles. The number of methoxy groups -OCH3 is 3. The van der Waals surface area contributed by atoms with Crippen LogP contribution in [0.15, 0.2) is 60.7 Å². The third kappa shape index (κ3) is 6.99. The van der Waals surface area contributed by atoms with Crippen LogP contribution >= 0.6 is 0 Å². The molecule has 3 rings (SSSR count). The average Bonchev–Trinajstić information content (AvgIpc) is 2.87. The molecule has 0 saturated heterocycles. The number of benzene rings is 3. The van der Waals surface area contributed by atoms with E-state index in [0.29, 0.717) is 42.4 Å². The molecule has 0 aliphatic heterocycles. The summed E-state index contributed by atoms with van der Waals surface area (Å²) in [6.45, 7) is -2.34. The predicted octanol–water partition coefficient (Wildman–Crippen LogP) is 4.87. The van der Waals surface area contributed by atoms with Gasteiger partial charge in [-0.3, -0.25) is 4.79 Å². The lowest BCUT2D eigenvalue weighted by molar-refractivity contribution is -0.0512. The summed E-state index contributed by atoms with van der Waals surface area (Å²) >= 11 is 0. The number of nitrogens with one attached hydrogen (secondary N) is 1. The van der Waals surface area contributed by atoms with E-state index in [0.717, 1.165) is 11.1 Å². The third-order valence-corrected chi connectivity index (χ3v) is 5.09. The van der Waals surface area contributed by atoms with Gasteiger partial charge in [-0.05, 0) is 41.8 Å². The molecule has 9 heteroatoms. The molecule has 1 N–H and O–H groups in total. The second-order valence-electron chi connectivity index (χ2n) is 7.35. The molecule has 35 heavy (non-hydrogen) atoms. The van der Waals surface area contributed by atoms with E-state index < -0.39 is 6.61 Å². The van der Waals surface area contributed by atoms with Crippen molar-refractivity contribution >= 4 is 5.91 Å². The third-order valence-electron chi connectivity index (χ3n) is 5.09. The molecule has 7 nitrogen and oxygen atoms in total. The first-order valence-corrected chi connectivity index (χ1v) is 10.8. The van der Waals surface area contributed by atoms with Gasteiger partial charge in [-0.25, -0.2) is 0 Å². The Labute approximate surface area is 202 Å². The standard InChI is InChI=1S/C26H27F2NO6/c1-31-21-13-17(9-10-20(21)35-26(27)28)11-12-29-25(30)19-14-22(32-2)24(23(15-19)33-3)34-16-18-7-5-4-6-8-18/h4-10,13-15,26H,11-12,16H2,1-3H3,(H,29,30). The molecule has 0 saturated carbocycles. The van der Waals surface area contributed by atoms with Gasteiger partial charge in [0.25, 0.3) is 5.91 Å². The molecule has 0 radical (unpaired) electrons. The van der Waals surface area contributed by atoms with E-state index in [1.54, 1.807) is 24.3 Å². The van der Waals surface area contributed by atoms with Crippen molar-refractivity contribution in [3.8, 4) is 28.7 Å². The van der Waals surface area contributed by atoms with E-state index in [9.17, 15) is 13.6 Å². The van der Waals surface area contributed by atoms with Crippen LogP contribution in [0.1, 0.15) is 21.5 Å². The maximum absolute atomic E-state index is 12.8. The molecular formula is C26H27F2NO6. The van der Waals surface area contributed by atoms with Crippen LogP contribution in [0.4, 0.5) is 8.78 Å². The van der Waals surface area contributed by atoms with Gasteiger partial charge in [0.05, 0.1) is 21.3 Å². The summed E-state index contributed by atoms with van der Waals surface area (Å²) in [7, 11) is 4.34. The summed E-state index contributed by atoms with van der Waals surface area (Å²) in [4.78, 5) is 12.8. The molecule has 0 spiro atoms. The van der Waals surface area contributed by atoms with Crippen LogP contribution < -0.4 is 29.0 Å². The molecule has 1 amide bonds. The minimum atomic E-state index is -2.95. The normalized spacial score (nSPS) is 10.6. The Bertz CT molecular complexity index is 1100. The monoisotopic (exact) mass is 487 g/mol. The fraction of sp³-hybridized carbons (Fsp3) is 0.269. The fourth-order valence-electron chi connectivity index (χ4n) is 3.37. The van der Waals surface area contributed by atoms with Crippen molar-refractivity contribution in [1.29, 1.82) is 0 Å². The summed E-state index contributed by atoms with van der Waals surface area (Å²) in [6.07, 6.45) is 0.448. The van der Waals surface area contributed by atoms with Gasteiger partial charge in [0, 0.05) is 12.1 Å². The lowest BCUT2D eigenvalue weighted by atomic mass is 10.1. The molecule has 0 aliphatic rings. The van der Waals surface area contributed by atoms with Crippen LogP contribution in [-0.2, 0) is 13.0 Å². The number of carbonyl (C=O) groups is 1. The Kier molecular flexibility index (Phi) is 9.11. The summed E-state index contributed by atoms with van der Waals surface area (Å²) in [5, 5.41) is 2.83. The molecule has 3 aromatic carbocycles. The van der Waals surface area contributed by atoms with E-state index in [2.05, 4.69) is 10.1 Å². The highest BCUT2D eigenvalue weighted by Gasteiger charge is 2.18. The molecule has 0 bridgehead atoms. The maximum Gasteiger partial charge on any atom is 0.387 e. The Morgan fingerprint density at radius 2 is 1.49 bits per heavy atom. The number of rotatable bonds is 12. The molecular weight excluding hydrogens is 460 g/mol. The summed E-state index contributed by atoms with van der Waals surface area (Å²) in [5.74, 6) is 0.933. The number of hydrogen-bond donors (Lipinski definition) is 1. The zero-order valence-electron chi connectivity index (χ0n) is 19.7. The van der Waals surface area contributed by atoms with E-state index in [1.807, 2.05) is 30.3 Å². The van der Waals surface area contributed by atoms with Gasteiger partial charge < -0.3 is 29.0 Å². The average molecular weight is 487 g/mol. The van der Waals surface area contributed by atoms with E-state index in [1.165, 1.54) is 27.4 Å². The van der Waals surface area contributed by atoms with Crippen LogP contribution in [0.25, 0.3) is 0 Å². The first kappa shape index (κ1) is 25.6. The van der Waals surface area contributed by atoms with Gasteiger partial charge in [0.15, 0.2) is 23.0 Å². The largest absolute Gasteiger partial charge is 0.493 e. The van der Waals surface area contributed by atoms with Gasteiger partial charge in [-0.1, -0.05) is 36.4 Å². The van der Waals surface area contributed by atoms with Crippen molar-refractivity contribution in [3.05, 3.63) is 77.4 Å². The van der Waals surface area contributed by atoms with Gasteiger partial charge in [0.1, 0.15) is 6.61 Å². The van der Waals surface area contributed by atoms with E-state index >= 15 is 0 Å². The molecule has 0 aromatic heterocycles. The highest BCUT2D eigenvalue weighted by molar-refractivity contribution is 5.95. The van der Waals surface area contributed by atoms with Crippen molar-refractivity contribution in [1.82, 2.24) is 5.32 Å². The SMILES string of the molecule is COc1cc(CCNC(=O)c2cc(OC)c(OCc3ccccc3)c(OC)c2)ccc1OC(F)F. The van der Waals surface area contributed by atoms with Crippen molar-refractivity contribution in [3.63, 3.8) is 0 Å². The number of halogens is 2. The van der Waals surface area contributed by atoms with Crippen molar-refractivity contribution in [2.75, 3.05) is 27.9 Å². The lowest BCUT2D eigenvalue weighted by Crippen LogP contribution is -2.25. The van der Waals surface area contributed by atoms with Crippen LogP contribution in [0, 0.1) is 0 Å². The second kappa shape index (κ2) is 12.5. The first-order valence-electron chi connectivity index (χ1n) is 10.8. The number of carbonyl (C=O) groups excluding carboxylic acids is 1. The minimum absolute atomic E-state index is 0.0518. The van der Waals surface area contributed by atoms with E-state index in [-0.39, 0.29) is 17.4 Å². The van der Waals surface area contributed by atoms with Crippen LogP contribution in [0.3, 0.4) is 0 Å². The fourth-order valence-corrected chi connectivity index (χ4v) is 3.37. The topological polar surface area (TPSA) is 75.3 Å². The number of amides is 1. The number of ether oxygens (including phenoxy) is 5. The van der Waals surface area contributed by atoms with Crippen molar-refractivity contribution < 1.29 is 37.3 Å². The Hall–Kier alpha value is -4.01. The van der Waals surface area contributed by atoms with Gasteiger partial charge in [-0.15, -0.1) is 0 Å². The summed E-state index contributed by atoms with van der Waals surface area (Å²) < 4.78 is 51.3. The molecule has 0 unspecified atom stereocenters. The number of alkyl halides is 2. The zero-order valence-corrected chi connectivity index (χ0v) is 19.7. The molecule has 3 aromatic rings. The van der Waals surface area contributed by atoms with Crippen LogP contribution in [0.5, 0.6) is 28.7 Å². The zero-order chi connectivity index (χ0) is 25.2. The highest BCUT2D eigenvalue weighted by atomic mass is 19.3. The maximum atomic E-state index is 12.8. The van der Waals surface area contributed by atoms with Crippen molar-refractivity contribution in [2.45, 2.75) is 19.6 Å². The van der Waals surface area contributed by atoms with Crippen molar-refractivity contribution in [2.24, 2.45) is 0 Å². The lowest BCUT2D eigenvalue weighted by Gasteiger charge is -2.16. The van der Waals surface area contributed by atoms with Gasteiger partial charge in [0.2, 0.25) is 5.75 Å². The Morgan fingerprint density at radius 3 is 2.09 bits per heavy atom. The molecule has 0 atom stereocenters. The predicted molar refractivity (Wildman–Crippen MR) is 126 cm³/mol. The summed E-state index contributed by atoms with van der Waals surface area (Å²) in [6, 6.07) is 17.4. The second-order valence-corrected chi connectivity index (χ2v) is 7.35. The minimum Gasteiger partial charge on any atom is -0.493 e. The molecule has 0 fully saturated rings. The first-order chi connectivity index (χ1) is 16.9. The van der Waals surface area contributed by atoms with Gasteiger partial charge in [-0.2, -0.15) is 8.78 Å².